The molecule has 154 valence electrons. The van der Waals surface area contributed by atoms with E-state index in [0.29, 0.717) is 11.7 Å². The topological polar surface area (TPSA) is 88.8 Å². The molecule has 4 heterocycles. The largest absolute Gasteiger partial charge is 0.339 e. The van der Waals surface area contributed by atoms with E-state index in [9.17, 15) is 4.79 Å². The third-order valence-corrected chi connectivity index (χ3v) is 5.19. The van der Waals surface area contributed by atoms with Gasteiger partial charge < -0.3 is 10.2 Å². The Morgan fingerprint density at radius 1 is 1.13 bits per heavy atom. The summed E-state index contributed by atoms with van der Waals surface area (Å²) in [4.78, 5) is 27.5. The molecule has 3 aromatic rings. The maximum absolute atomic E-state index is 12.4. The Kier molecular flexibility index (Phi) is 6.12. The number of piperidine rings is 1. The standard InChI is InChI=1S/C22H25N7O/c1-28-16-18(13-26-28)5-6-22(30)29-10-7-17(8-11-29)12-19-14-25-21(15-24-19)27-20-4-2-3-9-23-20/h2-6,9,13-17H,7-8,10-12H2,1H3,(H,23,25,27)/b6-5+. The van der Waals surface area contributed by atoms with Crippen LogP contribution in [-0.2, 0) is 18.3 Å². The zero-order chi connectivity index (χ0) is 20.8. The zero-order valence-corrected chi connectivity index (χ0v) is 17.0. The molecule has 8 nitrogen and oxygen atoms in total. The highest BCUT2D eigenvalue weighted by molar-refractivity contribution is 5.91. The van der Waals surface area contributed by atoms with Crippen LogP contribution >= 0.6 is 0 Å². The Hall–Kier alpha value is -3.55. The summed E-state index contributed by atoms with van der Waals surface area (Å²) in [5.41, 5.74) is 1.91. The maximum Gasteiger partial charge on any atom is 0.246 e. The summed E-state index contributed by atoms with van der Waals surface area (Å²) < 4.78 is 1.72. The van der Waals surface area contributed by atoms with E-state index in [1.54, 1.807) is 29.3 Å². The molecule has 8 heteroatoms. The summed E-state index contributed by atoms with van der Waals surface area (Å²) in [5.74, 6) is 2.00. The molecule has 1 N–H and O–H groups in total. The highest BCUT2D eigenvalue weighted by Gasteiger charge is 2.22. The van der Waals surface area contributed by atoms with Crippen molar-refractivity contribution < 1.29 is 4.79 Å². The molecule has 0 saturated carbocycles. The Morgan fingerprint density at radius 3 is 2.67 bits per heavy atom. The second-order valence-electron chi connectivity index (χ2n) is 7.49. The van der Waals surface area contributed by atoms with Crippen molar-refractivity contribution in [1.29, 1.82) is 0 Å². The Balaban J connectivity index is 1.24. The smallest absolute Gasteiger partial charge is 0.246 e. The molecule has 0 radical (unpaired) electrons. The highest BCUT2D eigenvalue weighted by Crippen LogP contribution is 2.21. The van der Waals surface area contributed by atoms with Gasteiger partial charge in [-0.1, -0.05) is 6.07 Å². The summed E-state index contributed by atoms with van der Waals surface area (Å²) in [5, 5.41) is 7.24. The highest BCUT2D eigenvalue weighted by atomic mass is 16.2. The lowest BCUT2D eigenvalue weighted by atomic mass is 9.92. The molecule has 1 saturated heterocycles. The number of amides is 1. The molecule has 0 spiro atoms. The van der Waals surface area contributed by atoms with Crippen molar-refractivity contribution in [3.8, 4) is 0 Å². The first-order valence-corrected chi connectivity index (χ1v) is 10.1. The number of rotatable bonds is 6. The van der Waals surface area contributed by atoms with Crippen LogP contribution in [0.5, 0.6) is 0 Å². The Morgan fingerprint density at radius 2 is 2.00 bits per heavy atom. The molecule has 4 rings (SSSR count). The van der Waals surface area contributed by atoms with E-state index in [2.05, 4.69) is 25.4 Å². The molecule has 1 fully saturated rings. The SMILES string of the molecule is Cn1cc(/C=C/C(=O)N2CCC(Cc3cnc(Nc4ccccn4)cn3)CC2)cn1. The van der Waals surface area contributed by atoms with Gasteiger partial charge in [0.2, 0.25) is 5.91 Å². The molecule has 0 unspecified atom stereocenters. The van der Waals surface area contributed by atoms with Crippen LogP contribution in [0.1, 0.15) is 24.1 Å². The summed E-state index contributed by atoms with van der Waals surface area (Å²) in [6.45, 7) is 1.54. The number of hydrogen-bond acceptors (Lipinski definition) is 6. The molecule has 30 heavy (non-hydrogen) atoms. The molecule has 0 aliphatic carbocycles. The van der Waals surface area contributed by atoms with Gasteiger partial charge in [0.25, 0.3) is 0 Å². The van der Waals surface area contributed by atoms with Gasteiger partial charge in [0.1, 0.15) is 11.6 Å². The maximum atomic E-state index is 12.4. The predicted molar refractivity (Wildman–Crippen MR) is 115 cm³/mol. The fourth-order valence-corrected chi connectivity index (χ4v) is 3.55. The number of pyridine rings is 1. The van der Waals surface area contributed by atoms with Crippen LogP contribution in [0.3, 0.4) is 0 Å². The van der Waals surface area contributed by atoms with Gasteiger partial charge in [-0.3, -0.25) is 14.5 Å². The molecule has 1 aliphatic rings. The average Bonchev–Trinajstić information content (AvgIpc) is 3.20. The van der Waals surface area contributed by atoms with Crippen LogP contribution < -0.4 is 5.32 Å². The van der Waals surface area contributed by atoms with Crippen molar-refractivity contribution in [2.24, 2.45) is 13.0 Å². The number of carbonyl (C=O) groups excluding carboxylic acids is 1. The minimum Gasteiger partial charge on any atom is -0.339 e. The monoisotopic (exact) mass is 403 g/mol. The predicted octanol–water partition coefficient (Wildman–Crippen LogP) is 2.84. The van der Waals surface area contributed by atoms with Gasteiger partial charge in [-0.05, 0) is 43.4 Å². The van der Waals surface area contributed by atoms with E-state index < -0.39 is 0 Å². The van der Waals surface area contributed by atoms with Crippen LogP contribution in [-0.4, -0.2) is 48.6 Å². The molecule has 0 bridgehead atoms. The van der Waals surface area contributed by atoms with Crippen LogP contribution in [0, 0.1) is 5.92 Å². The van der Waals surface area contributed by atoms with Crippen LogP contribution in [0.15, 0.2) is 55.3 Å². The van der Waals surface area contributed by atoms with E-state index in [1.807, 2.05) is 48.6 Å². The summed E-state index contributed by atoms with van der Waals surface area (Å²) in [6.07, 6.45) is 15.2. The summed E-state index contributed by atoms with van der Waals surface area (Å²) >= 11 is 0. The summed E-state index contributed by atoms with van der Waals surface area (Å²) in [7, 11) is 1.86. The number of anilines is 2. The van der Waals surface area contributed by atoms with Gasteiger partial charge in [0.15, 0.2) is 0 Å². The van der Waals surface area contributed by atoms with E-state index in [-0.39, 0.29) is 5.91 Å². The lowest BCUT2D eigenvalue weighted by Crippen LogP contribution is -2.38. The van der Waals surface area contributed by atoms with Crippen LogP contribution in [0.4, 0.5) is 11.6 Å². The van der Waals surface area contributed by atoms with Gasteiger partial charge in [0.05, 0.1) is 24.3 Å². The van der Waals surface area contributed by atoms with Crippen molar-refractivity contribution in [3.63, 3.8) is 0 Å². The normalized spacial score (nSPS) is 14.9. The van der Waals surface area contributed by atoms with Crippen LogP contribution in [0.25, 0.3) is 6.08 Å². The molecule has 0 atom stereocenters. The van der Waals surface area contributed by atoms with E-state index in [0.717, 1.165) is 49.4 Å². The van der Waals surface area contributed by atoms with Gasteiger partial charge in [-0.2, -0.15) is 5.10 Å². The lowest BCUT2D eigenvalue weighted by Gasteiger charge is -2.31. The molecule has 1 aliphatic heterocycles. The number of nitrogens with zero attached hydrogens (tertiary/aromatic N) is 6. The van der Waals surface area contributed by atoms with Gasteiger partial charge >= 0.3 is 0 Å². The number of nitrogens with one attached hydrogen (secondary N) is 1. The molecule has 3 aromatic heterocycles. The molecular formula is C22H25N7O. The number of aryl methyl sites for hydroxylation is 1. The van der Waals surface area contributed by atoms with Gasteiger partial charge in [0, 0.05) is 44.2 Å². The average molecular weight is 403 g/mol. The lowest BCUT2D eigenvalue weighted by molar-refractivity contribution is -0.127. The fraction of sp³-hybridized carbons (Fsp3) is 0.318. The Bertz CT molecular complexity index is 990. The zero-order valence-electron chi connectivity index (χ0n) is 17.0. The van der Waals surface area contributed by atoms with Crippen LogP contribution in [0.2, 0.25) is 0 Å². The van der Waals surface area contributed by atoms with Crippen molar-refractivity contribution >= 4 is 23.6 Å². The van der Waals surface area contributed by atoms with E-state index in [4.69, 9.17) is 0 Å². The number of hydrogen-bond donors (Lipinski definition) is 1. The number of likely N-dealkylation sites (tertiary alicyclic amines) is 1. The number of carbonyl (C=O) groups is 1. The molecule has 1 amide bonds. The van der Waals surface area contributed by atoms with E-state index >= 15 is 0 Å². The van der Waals surface area contributed by atoms with Crippen molar-refractivity contribution in [2.75, 3.05) is 18.4 Å². The van der Waals surface area contributed by atoms with E-state index in [1.165, 1.54) is 0 Å². The minimum atomic E-state index is 0.0574. The Labute approximate surface area is 175 Å². The molecular weight excluding hydrogens is 378 g/mol. The van der Waals surface area contributed by atoms with Crippen molar-refractivity contribution in [1.82, 2.24) is 29.6 Å². The first-order chi connectivity index (χ1) is 14.7. The van der Waals surface area contributed by atoms with Crippen molar-refractivity contribution in [2.45, 2.75) is 19.3 Å². The first kappa shape index (κ1) is 19.8. The summed E-state index contributed by atoms with van der Waals surface area (Å²) in [6, 6.07) is 5.68. The second kappa shape index (κ2) is 9.30. The second-order valence-corrected chi connectivity index (χ2v) is 7.49. The third-order valence-electron chi connectivity index (χ3n) is 5.19. The fourth-order valence-electron chi connectivity index (χ4n) is 3.55. The third kappa shape index (κ3) is 5.28. The van der Waals surface area contributed by atoms with Gasteiger partial charge in [-0.15, -0.1) is 0 Å². The quantitative estimate of drug-likeness (QED) is 0.637. The first-order valence-electron chi connectivity index (χ1n) is 10.1. The van der Waals surface area contributed by atoms with Gasteiger partial charge in [-0.25, -0.2) is 9.97 Å². The van der Waals surface area contributed by atoms with Crippen molar-refractivity contribution in [3.05, 3.63) is 66.5 Å². The number of aromatic nitrogens is 5. The minimum absolute atomic E-state index is 0.0574. The molecule has 0 aromatic carbocycles.